The largest absolute Gasteiger partial charge is 0.465 e. The highest BCUT2D eigenvalue weighted by Gasteiger charge is 2.61. The molecule has 3 rings (SSSR count). The van der Waals surface area contributed by atoms with Crippen molar-refractivity contribution in [3.63, 3.8) is 0 Å². The van der Waals surface area contributed by atoms with E-state index in [0.717, 1.165) is 12.0 Å². The summed E-state index contributed by atoms with van der Waals surface area (Å²) in [6, 6.07) is 5.61. The molecule has 1 saturated carbocycles. The van der Waals surface area contributed by atoms with Gasteiger partial charge in [-0.25, -0.2) is 4.79 Å². The molecule has 1 aliphatic carbocycles. The number of hydrogen-bond acceptors (Lipinski definition) is 1. The summed E-state index contributed by atoms with van der Waals surface area (Å²) in [6.07, 6.45) is 0.214. The van der Waals surface area contributed by atoms with Crippen molar-refractivity contribution in [3.05, 3.63) is 33.8 Å². The molecule has 1 N–H and O–H groups in total. The van der Waals surface area contributed by atoms with E-state index in [-0.39, 0.29) is 5.41 Å². The number of amides is 1. The van der Waals surface area contributed by atoms with Crippen LogP contribution < -0.4 is 0 Å². The predicted octanol–water partition coefficient (Wildman–Crippen LogP) is 3.24. The maximum Gasteiger partial charge on any atom is 0.407 e. The third-order valence-corrected chi connectivity index (χ3v) is 4.65. The first-order chi connectivity index (χ1) is 8.03. The van der Waals surface area contributed by atoms with Crippen molar-refractivity contribution in [2.24, 2.45) is 5.92 Å². The van der Waals surface area contributed by atoms with Gasteiger partial charge in [-0.3, -0.25) is 0 Å². The van der Waals surface area contributed by atoms with Crippen LogP contribution in [0.2, 0.25) is 10.0 Å². The Kier molecular flexibility index (Phi) is 2.32. The molecule has 1 saturated heterocycles. The molecule has 2 unspecified atom stereocenters. The first-order valence-corrected chi connectivity index (χ1v) is 6.22. The Bertz CT molecular complexity index is 505. The summed E-state index contributed by atoms with van der Waals surface area (Å²) >= 11 is 11.9. The van der Waals surface area contributed by atoms with Crippen LogP contribution in [0.25, 0.3) is 0 Å². The zero-order valence-electron chi connectivity index (χ0n) is 8.99. The molecule has 1 aromatic rings. The molecule has 0 radical (unpaired) electrons. The minimum atomic E-state index is -0.836. The fraction of sp³-hybridized carbons (Fsp3) is 0.417. The zero-order chi connectivity index (χ0) is 12.2. The van der Waals surface area contributed by atoms with Crippen molar-refractivity contribution < 1.29 is 9.90 Å². The molecule has 0 spiro atoms. The summed E-state index contributed by atoms with van der Waals surface area (Å²) in [6.45, 7) is 1.21. The van der Waals surface area contributed by atoms with Crippen molar-refractivity contribution in [1.29, 1.82) is 0 Å². The number of rotatable bonds is 1. The van der Waals surface area contributed by atoms with Gasteiger partial charge in [0.05, 0.1) is 10.0 Å². The number of likely N-dealkylation sites (tertiary alicyclic amines) is 1. The summed E-state index contributed by atoms with van der Waals surface area (Å²) in [5.74, 6) is 0.441. The molecule has 0 aromatic heterocycles. The molecule has 1 aromatic carbocycles. The number of fused-ring (bicyclic) bond motifs is 1. The predicted molar refractivity (Wildman–Crippen MR) is 65.8 cm³/mol. The number of hydrogen-bond donors (Lipinski definition) is 1. The van der Waals surface area contributed by atoms with E-state index in [2.05, 4.69) is 0 Å². The van der Waals surface area contributed by atoms with Gasteiger partial charge in [0.25, 0.3) is 0 Å². The number of carboxylic acid groups (broad SMARTS) is 1. The van der Waals surface area contributed by atoms with E-state index < -0.39 is 6.09 Å². The van der Waals surface area contributed by atoms with Crippen molar-refractivity contribution in [2.45, 2.75) is 11.8 Å². The molecule has 1 amide bonds. The van der Waals surface area contributed by atoms with Gasteiger partial charge >= 0.3 is 6.09 Å². The summed E-state index contributed by atoms with van der Waals surface area (Å²) in [5, 5.41) is 10.1. The van der Waals surface area contributed by atoms with Gasteiger partial charge in [-0.1, -0.05) is 29.3 Å². The Morgan fingerprint density at radius 3 is 2.76 bits per heavy atom. The fourth-order valence-electron chi connectivity index (χ4n) is 2.88. The van der Waals surface area contributed by atoms with E-state index in [0.29, 0.717) is 29.1 Å². The summed E-state index contributed by atoms with van der Waals surface area (Å²) in [7, 11) is 0. The summed E-state index contributed by atoms with van der Waals surface area (Å²) in [5.41, 5.74) is 1.10. The Hall–Kier alpha value is -0.930. The molecular formula is C12H11Cl2NO2. The lowest BCUT2D eigenvalue weighted by Crippen LogP contribution is -2.31. The number of carbonyl (C=O) groups is 1. The lowest BCUT2D eigenvalue weighted by atomic mass is 9.95. The Morgan fingerprint density at radius 1 is 1.41 bits per heavy atom. The molecule has 3 nitrogen and oxygen atoms in total. The van der Waals surface area contributed by atoms with Crippen LogP contribution in [0.15, 0.2) is 18.2 Å². The van der Waals surface area contributed by atoms with Gasteiger partial charge in [0, 0.05) is 18.5 Å². The first kappa shape index (κ1) is 11.2. The second-order valence-electron chi connectivity index (χ2n) is 4.85. The zero-order valence-corrected chi connectivity index (χ0v) is 10.5. The van der Waals surface area contributed by atoms with Gasteiger partial charge in [-0.2, -0.15) is 0 Å². The van der Waals surface area contributed by atoms with Crippen LogP contribution in [-0.4, -0.2) is 29.2 Å². The van der Waals surface area contributed by atoms with E-state index in [9.17, 15) is 4.79 Å². The summed E-state index contributed by atoms with van der Waals surface area (Å²) in [4.78, 5) is 12.4. The van der Waals surface area contributed by atoms with Gasteiger partial charge in [0.1, 0.15) is 0 Å². The second-order valence-corrected chi connectivity index (χ2v) is 5.66. The highest BCUT2D eigenvalue weighted by atomic mass is 35.5. The van der Waals surface area contributed by atoms with Gasteiger partial charge < -0.3 is 10.0 Å². The third kappa shape index (κ3) is 1.60. The lowest BCUT2D eigenvalue weighted by molar-refractivity contribution is 0.150. The van der Waals surface area contributed by atoms with Crippen molar-refractivity contribution in [3.8, 4) is 0 Å². The number of nitrogens with zero attached hydrogens (tertiary/aromatic N) is 1. The van der Waals surface area contributed by atoms with E-state index in [1.807, 2.05) is 12.1 Å². The fourth-order valence-corrected chi connectivity index (χ4v) is 3.18. The lowest BCUT2D eigenvalue weighted by Gasteiger charge is -2.18. The quantitative estimate of drug-likeness (QED) is 0.852. The standard InChI is InChI=1S/C12H11Cl2NO2/c13-9-2-1-7(3-10(9)14)12-4-8(12)5-15(6-12)11(16)17/h1-3,8H,4-6H2,(H,16,17). The van der Waals surface area contributed by atoms with Crippen LogP contribution in [-0.2, 0) is 5.41 Å². The number of piperidine rings is 1. The monoisotopic (exact) mass is 271 g/mol. The number of benzene rings is 1. The SMILES string of the molecule is O=C(O)N1CC2CC2(c2ccc(Cl)c(Cl)c2)C1. The van der Waals surface area contributed by atoms with Crippen molar-refractivity contribution in [2.75, 3.05) is 13.1 Å². The minimum Gasteiger partial charge on any atom is -0.465 e. The smallest absolute Gasteiger partial charge is 0.407 e. The third-order valence-electron chi connectivity index (χ3n) is 3.91. The summed E-state index contributed by atoms with van der Waals surface area (Å²) < 4.78 is 0. The van der Waals surface area contributed by atoms with Gasteiger partial charge in [0.2, 0.25) is 0 Å². The first-order valence-electron chi connectivity index (χ1n) is 5.46. The maximum atomic E-state index is 10.9. The molecule has 90 valence electrons. The van der Waals surface area contributed by atoms with Crippen LogP contribution in [0.5, 0.6) is 0 Å². The van der Waals surface area contributed by atoms with E-state index in [1.165, 1.54) is 4.90 Å². The Labute approximate surface area is 109 Å². The van der Waals surface area contributed by atoms with Crippen molar-refractivity contribution in [1.82, 2.24) is 4.90 Å². The molecule has 1 heterocycles. The average Bonchev–Trinajstić information content (AvgIpc) is 2.85. The molecule has 5 heteroatoms. The number of halogens is 2. The average molecular weight is 272 g/mol. The van der Waals surface area contributed by atoms with Crippen LogP contribution in [0.4, 0.5) is 4.79 Å². The van der Waals surface area contributed by atoms with Crippen molar-refractivity contribution >= 4 is 29.3 Å². The van der Waals surface area contributed by atoms with Gasteiger partial charge in [-0.15, -0.1) is 0 Å². The molecule has 17 heavy (non-hydrogen) atoms. The topological polar surface area (TPSA) is 40.5 Å². The molecule has 1 aliphatic heterocycles. The molecular weight excluding hydrogens is 261 g/mol. The molecule has 0 bridgehead atoms. The highest BCUT2D eigenvalue weighted by Crippen LogP contribution is 2.59. The minimum absolute atomic E-state index is 0.00732. The molecule has 2 atom stereocenters. The Morgan fingerprint density at radius 2 is 2.18 bits per heavy atom. The molecule has 2 aliphatic rings. The second kappa shape index (κ2) is 3.53. The van der Waals surface area contributed by atoms with E-state index >= 15 is 0 Å². The highest BCUT2D eigenvalue weighted by molar-refractivity contribution is 6.42. The van der Waals surface area contributed by atoms with Crippen LogP contribution in [0.1, 0.15) is 12.0 Å². The Balaban J connectivity index is 1.91. The normalized spacial score (nSPS) is 30.2. The van der Waals surface area contributed by atoms with E-state index in [4.69, 9.17) is 28.3 Å². The van der Waals surface area contributed by atoms with E-state index in [1.54, 1.807) is 6.07 Å². The van der Waals surface area contributed by atoms with Gasteiger partial charge in [-0.05, 0) is 30.0 Å². The van der Waals surface area contributed by atoms with Crippen LogP contribution in [0, 0.1) is 5.92 Å². The van der Waals surface area contributed by atoms with Crippen LogP contribution in [0.3, 0.4) is 0 Å². The maximum absolute atomic E-state index is 10.9. The van der Waals surface area contributed by atoms with Crippen LogP contribution >= 0.6 is 23.2 Å². The molecule has 2 fully saturated rings. The van der Waals surface area contributed by atoms with Gasteiger partial charge in [0.15, 0.2) is 0 Å².